The van der Waals surface area contributed by atoms with Gasteiger partial charge < -0.3 is 19.8 Å². The van der Waals surface area contributed by atoms with Crippen LogP contribution >= 0.6 is 8.38 Å². The molecule has 0 saturated heterocycles. The normalized spacial score (nSPS) is 12.2. The highest BCUT2D eigenvalue weighted by molar-refractivity contribution is 7.45. The topological polar surface area (TPSA) is 78.8 Å². The second kappa shape index (κ2) is 6.43. The number of alkyl carbamates (subject to hydrolysis) is 1. The van der Waals surface area contributed by atoms with Gasteiger partial charge in [0.25, 0.3) is 0 Å². The highest BCUT2D eigenvalue weighted by Gasteiger charge is 2.14. The lowest BCUT2D eigenvalue weighted by Crippen LogP contribution is -2.31. The van der Waals surface area contributed by atoms with Gasteiger partial charge in [-0.3, -0.25) is 0 Å². The maximum atomic E-state index is 11.2. The minimum absolute atomic E-state index is 0.161. The van der Waals surface area contributed by atoms with Crippen molar-refractivity contribution in [1.82, 2.24) is 5.32 Å². The molecule has 6 heteroatoms. The van der Waals surface area contributed by atoms with E-state index in [9.17, 15) is 4.79 Å². The van der Waals surface area contributed by atoms with E-state index in [1.807, 2.05) is 30.3 Å². The zero-order chi connectivity index (χ0) is 12.0. The van der Waals surface area contributed by atoms with E-state index >= 15 is 0 Å². The van der Waals surface area contributed by atoms with Crippen LogP contribution in [-0.2, 0) is 11.3 Å². The second-order valence-corrected chi connectivity index (χ2v) is 4.62. The second-order valence-electron chi connectivity index (χ2n) is 3.20. The van der Waals surface area contributed by atoms with Gasteiger partial charge in [0.2, 0.25) is 0 Å². The molecule has 0 fully saturated rings. The third-order valence-electron chi connectivity index (χ3n) is 1.89. The van der Waals surface area contributed by atoms with Gasteiger partial charge in [0.1, 0.15) is 6.61 Å². The standard InChI is InChI=1S/C10H14NO4P/c1-8(16(13)14)11-10(12)15-7-9-5-3-2-4-6-9/h2-6,8,13-14H,7H2,1H3,(H,11,12)/t8-/m1/s1. The number of hydrogen-bond donors (Lipinski definition) is 3. The van der Waals surface area contributed by atoms with Crippen molar-refractivity contribution in [2.75, 3.05) is 0 Å². The van der Waals surface area contributed by atoms with Crippen molar-refractivity contribution in [2.24, 2.45) is 0 Å². The predicted molar refractivity (Wildman–Crippen MR) is 60.6 cm³/mol. The molecule has 0 radical (unpaired) electrons. The minimum Gasteiger partial charge on any atom is -0.445 e. The van der Waals surface area contributed by atoms with Crippen molar-refractivity contribution in [3.63, 3.8) is 0 Å². The molecule has 0 bridgehead atoms. The molecule has 88 valence electrons. The Morgan fingerprint density at radius 3 is 2.62 bits per heavy atom. The molecule has 1 aromatic rings. The third-order valence-corrected chi connectivity index (χ3v) is 2.71. The maximum Gasteiger partial charge on any atom is 0.408 e. The molecule has 16 heavy (non-hydrogen) atoms. The highest BCUT2D eigenvalue weighted by atomic mass is 31.2. The first-order chi connectivity index (χ1) is 7.59. The molecule has 0 aliphatic rings. The average Bonchev–Trinajstić information content (AvgIpc) is 2.27. The van der Waals surface area contributed by atoms with Crippen molar-refractivity contribution in [2.45, 2.75) is 19.3 Å². The van der Waals surface area contributed by atoms with E-state index < -0.39 is 20.3 Å². The van der Waals surface area contributed by atoms with Crippen LogP contribution in [0.5, 0.6) is 0 Å². The van der Waals surface area contributed by atoms with E-state index in [0.717, 1.165) is 5.56 Å². The van der Waals surface area contributed by atoms with Crippen molar-refractivity contribution >= 4 is 14.5 Å². The zero-order valence-corrected chi connectivity index (χ0v) is 9.72. The quantitative estimate of drug-likeness (QED) is 0.701. The van der Waals surface area contributed by atoms with Crippen LogP contribution in [0.4, 0.5) is 4.79 Å². The summed E-state index contributed by atoms with van der Waals surface area (Å²) in [5.74, 6) is -0.696. The molecule has 0 unspecified atom stereocenters. The van der Waals surface area contributed by atoms with Crippen LogP contribution in [-0.4, -0.2) is 21.7 Å². The Balaban J connectivity index is 2.31. The lowest BCUT2D eigenvalue weighted by Gasteiger charge is -2.14. The smallest absolute Gasteiger partial charge is 0.408 e. The number of hydrogen-bond acceptors (Lipinski definition) is 4. The van der Waals surface area contributed by atoms with Gasteiger partial charge >= 0.3 is 6.09 Å². The van der Waals surface area contributed by atoms with Crippen LogP contribution in [0, 0.1) is 0 Å². The number of amides is 1. The molecule has 0 heterocycles. The monoisotopic (exact) mass is 243 g/mol. The fraction of sp³-hybridized carbons (Fsp3) is 0.300. The van der Waals surface area contributed by atoms with Crippen LogP contribution in [0.25, 0.3) is 0 Å². The average molecular weight is 243 g/mol. The summed E-state index contributed by atoms with van der Waals surface area (Å²) in [6.07, 6.45) is -0.660. The molecule has 3 N–H and O–H groups in total. The Hall–Kier alpha value is -1.16. The Kier molecular flexibility index (Phi) is 5.19. The van der Waals surface area contributed by atoms with Gasteiger partial charge in [0.15, 0.2) is 8.38 Å². The number of ether oxygens (including phenoxy) is 1. The molecule has 0 aromatic heterocycles. The van der Waals surface area contributed by atoms with Gasteiger partial charge in [0.05, 0.1) is 5.78 Å². The van der Waals surface area contributed by atoms with Crippen LogP contribution in [0.15, 0.2) is 30.3 Å². The third kappa shape index (κ3) is 4.57. The van der Waals surface area contributed by atoms with E-state index in [-0.39, 0.29) is 6.61 Å². The number of rotatable bonds is 4. The van der Waals surface area contributed by atoms with Gasteiger partial charge in [-0.15, -0.1) is 0 Å². The van der Waals surface area contributed by atoms with E-state index in [0.29, 0.717) is 0 Å². The Bertz CT molecular complexity index is 331. The fourth-order valence-electron chi connectivity index (χ4n) is 0.993. The largest absolute Gasteiger partial charge is 0.445 e. The lowest BCUT2D eigenvalue weighted by atomic mass is 10.2. The number of carbonyl (C=O) groups excluding carboxylic acids is 1. The van der Waals surface area contributed by atoms with E-state index in [4.69, 9.17) is 14.5 Å². The molecule has 0 aliphatic carbocycles. The van der Waals surface area contributed by atoms with Gasteiger partial charge in [-0.1, -0.05) is 30.3 Å². The first-order valence-corrected chi connectivity index (χ1v) is 6.05. The summed E-state index contributed by atoms with van der Waals surface area (Å²) in [5, 5.41) is 2.32. The van der Waals surface area contributed by atoms with Crippen LogP contribution < -0.4 is 5.32 Å². The predicted octanol–water partition coefficient (Wildman–Crippen LogP) is 1.56. The van der Waals surface area contributed by atoms with Crippen molar-refractivity contribution in [1.29, 1.82) is 0 Å². The first kappa shape index (κ1) is 12.9. The summed E-state index contributed by atoms with van der Waals surface area (Å²) in [6.45, 7) is 1.66. The maximum absolute atomic E-state index is 11.2. The zero-order valence-electron chi connectivity index (χ0n) is 8.83. The summed E-state index contributed by atoms with van der Waals surface area (Å²) < 4.78 is 4.89. The first-order valence-electron chi connectivity index (χ1n) is 4.74. The van der Waals surface area contributed by atoms with Crippen molar-refractivity contribution < 1.29 is 19.3 Å². The van der Waals surface area contributed by atoms with E-state index in [2.05, 4.69) is 5.32 Å². The van der Waals surface area contributed by atoms with Crippen molar-refractivity contribution in [3.05, 3.63) is 35.9 Å². The summed E-state index contributed by atoms with van der Waals surface area (Å²) in [7, 11) is -2.17. The molecule has 0 spiro atoms. The summed E-state index contributed by atoms with van der Waals surface area (Å²) in [5.41, 5.74) is 0.876. The molecule has 0 aliphatic heterocycles. The van der Waals surface area contributed by atoms with Crippen LogP contribution in [0.2, 0.25) is 0 Å². The molecule has 1 amide bonds. The SMILES string of the molecule is C[C@H](NC(=O)OCc1ccccc1)P(O)O. The minimum atomic E-state index is -2.17. The van der Waals surface area contributed by atoms with Crippen molar-refractivity contribution in [3.8, 4) is 0 Å². The Labute approximate surface area is 95.0 Å². The Morgan fingerprint density at radius 1 is 1.44 bits per heavy atom. The molecule has 1 rings (SSSR count). The summed E-state index contributed by atoms with van der Waals surface area (Å²) >= 11 is 0. The number of nitrogens with one attached hydrogen (secondary N) is 1. The Morgan fingerprint density at radius 2 is 2.06 bits per heavy atom. The van der Waals surface area contributed by atoms with Gasteiger partial charge in [0, 0.05) is 0 Å². The summed E-state index contributed by atoms with van der Waals surface area (Å²) in [6, 6.07) is 9.24. The lowest BCUT2D eigenvalue weighted by molar-refractivity contribution is 0.138. The highest BCUT2D eigenvalue weighted by Crippen LogP contribution is 2.28. The molecular weight excluding hydrogens is 229 g/mol. The molecular formula is C10H14NO4P. The van der Waals surface area contributed by atoms with E-state index in [1.54, 1.807) is 0 Å². The summed E-state index contributed by atoms with van der Waals surface area (Å²) in [4.78, 5) is 28.8. The number of benzene rings is 1. The molecule has 1 atom stereocenters. The molecule has 5 nitrogen and oxygen atoms in total. The molecule has 1 aromatic carbocycles. The van der Waals surface area contributed by atoms with Gasteiger partial charge in [-0.2, -0.15) is 0 Å². The van der Waals surface area contributed by atoms with Gasteiger partial charge in [-0.25, -0.2) is 4.79 Å². The van der Waals surface area contributed by atoms with Gasteiger partial charge in [-0.05, 0) is 12.5 Å². The van der Waals surface area contributed by atoms with Crippen LogP contribution in [0.3, 0.4) is 0 Å². The molecule has 0 saturated carbocycles. The van der Waals surface area contributed by atoms with Crippen LogP contribution in [0.1, 0.15) is 12.5 Å². The fourth-order valence-corrected chi connectivity index (χ4v) is 1.21. The van der Waals surface area contributed by atoms with E-state index in [1.165, 1.54) is 6.92 Å². The number of carbonyl (C=O) groups is 1.